The second-order valence-corrected chi connectivity index (χ2v) is 6.08. The Morgan fingerprint density at radius 3 is 2.50 bits per heavy atom. The fourth-order valence-electron chi connectivity index (χ4n) is 1.51. The lowest BCUT2D eigenvalue weighted by atomic mass is 9.88. The van der Waals surface area contributed by atoms with Gasteiger partial charge in [-0.1, -0.05) is 40.7 Å². The highest BCUT2D eigenvalue weighted by molar-refractivity contribution is 5.36. The molecule has 3 heteroatoms. The normalized spacial score (nSPS) is 11.9. The van der Waals surface area contributed by atoms with Crippen LogP contribution < -0.4 is 5.32 Å². The molecule has 0 fully saturated rings. The van der Waals surface area contributed by atoms with E-state index in [0.29, 0.717) is 5.92 Å². The molecule has 0 saturated heterocycles. The first-order valence-corrected chi connectivity index (χ1v) is 6.68. The number of rotatable bonds is 6. The third-order valence-electron chi connectivity index (χ3n) is 2.63. The number of hydrogen-bond acceptors (Lipinski definition) is 3. The van der Waals surface area contributed by atoms with Gasteiger partial charge in [0.15, 0.2) is 0 Å². The summed E-state index contributed by atoms with van der Waals surface area (Å²) in [5, 5.41) is 3.26. The summed E-state index contributed by atoms with van der Waals surface area (Å²) < 4.78 is 5.50. The minimum absolute atomic E-state index is 0.159. The van der Waals surface area contributed by atoms with Crippen molar-refractivity contribution < 1.29 is 4.74 Å². The number of aromatic nitrogens is 1. The summed E-state index contributed by atoms with van der Waals surface area (Å²) in [4.78, 5) is 4.41. The SMILES string of the molecule is CC(C)COCCNc1ccc(C(C)(C)C)cn1. The molecule has 0 aliphatic carbocycles. The molecule has 1 aromatic rings. The van der Waals surface area contributed by atoms with Crippen LogP contribution in [-0.4, -0.2) is 24.7 Å². The van der Waals surface area contributed by atoms with Crippen LogP contribution in [0.3, 0.4) is 0 Å². The van der Waals surface area contributed by atoms with E-state index in [2.05, 4.69) is 51.0 Å². The topological polar surface area (TPSA) is 34.1 Å². The van der Waals surface area contributed by atoms with Crippen LogP contribution in [0.5, 0.6) is 0 Å². The molecular weight excluding hydrogens is 224 g/mol. The van der Waals surface area contributed by atoms with Crippen molar-refractivity contribution in [2.75, 3.05) is 25.1 Å². The molecule has 0 aliphatic heterocycles. The van der Waals surface area contributed by atoms with Gasteiger partial charge in [0.1, 0.15) is 5.82 Å². The minimum atomic E-state index is 0.159. The standard InChI is InChI=1S/C15H26N2O/c1-12(2)11-18-9-8-16-14-7-6-13(10-17-14)15(3,4)5/h6-7,10,12H,8-9,11H2,1-5H3,(H,16,17). The third kappa shape index (κ3) is 5.50. The van der Waals surface area contributed by atoms with E-state index >= 15 is 0 Å². The summed E-state index contributed by atoms with van der Waals surface area (Å²) in [6.45, 7) is 13.2. The molecule has 0 spiro atoms. The van der Waals surface area contributed by atoms with E-state index in [1.165, 1.54) is 5.56 Å². The summed E-state index contributed by atoms with van der Waals surface area (Å²) in [7, 11) is 0. The van der Waals surface area contributed by atoms with E-state index in [9.17, 15) is 0 Å². The van der Waals surface area contributed by atoms with Crippen LogP contribution in [0.1, 0.15) is 40.2 Å². The van der Waals surface area contributed by atoms with Crippen molar-refractivity contribution in [3.8, 4) is 0 Å². The summed E-state index contributed by atoms with van der Waals surface area (Å²) >= 11 is 0. The molecule has 0 aromatic carbocycles. The monoisotopic (exact) mass is 250 g/mol. The Hall–Kier alpha value is -1.09. The molecule has 102 valence electrons. The average molecular weight is 250 g/mol. The quantitative estimate of drug-likeness (QED) is 0.785. The second kappa shape index (κ2) is 6.74. The van der Waals surface area contributed by atoms with Crippen LogP contribution in [0.15, 0.2) is 18.3 Å². The first-order chi connectivity index (χ1) is 8.39. The van der Waals surface area contributed by atoms with Crippen molar-refractivity contribution in [1.29, 1.82) is 0 Å². The summed E-state index contributed by atoms with van der Waals surface area (Å²) in [6.07, 6.45) is 1.94. The van der Waals surface area contributed by atoms with Gasteiger partial charge < -0.3 is 10.1 Å². The van der Waals surface area contributed by atoms with E-state index < -0.39 is 0 Å². The van der Waals surface area contributed by atoms with Crippen molar-refractivity contribution in [1.82, 2.24) is 4.98 Å². The van der Waals surface area contributed by atoms with Gasteiger partial charge in [-0.05, 0) is 23.0 Å². The smallest absolute Gasteiger partial charge is 0.125 e. The highest BCUT2D eigenvalue weighted by atomic mass is 16.5. The van der Waals surface area contributed by atoms with Crippen molar-refractivity contribution in [3.05, 3.63) is 23.9 Å². The van der Waals surface area contributed by atoms with Gasteiger partial charge in [-0.15, -0.1) is 0 Å². The number of ether oxygens (including phenoxy) is 1. The molecule has 0 bridgehead atoms. The van der Waals surface area contributed by atoms with Gasteiger partial charge in [0, 0.05) is 19.3 Å². The van der Waals surface area contributed by atoms with E-state index in [1.54, 1.807) is 0 Å². The first kappa shape index (κ1) is 15.0. The molecular formula is C15H26N2O. The predicted octanol–water partition coefficient (Wildman–Crippen LogP) is 3.46. The minimum Gasteiger partial charge on any atom is -0.379 e. The molecule has 0 saturated carbocycles. The fraction of sp³-hybridized carbons (Fsp3) is 0.667. The van der Waals surface area contributed by atoms with Crippen LogP contribution in [-0.2, 0) is 10.2 Å². The Kier molecular flexibility index (Phi) is 5.60. The highest BCUT2D eigenvalue weighted by Gasteiger charge is 2.13. The highest BCUT2D eigenvalue weighted by Crippen LogP contribution is 2.21. The van der Waals surface area contributed by atoms with Gasteiger partial charge in [-0.3, -0.25) is 0 Å². The summed E-state index contributed by atoms with van der Waals surface area (Å²) in [6, 6.07) is 4.16. The summed E-state index contributed by atoms with van der Waals surface area (Å²) in [5.41, 5.74) is 1.41. The van der Waals surface area contributed by atoms with E-state index in [4.69, 9.17) is 4.74 Å². The second-order valence-electron chi connectivity index (χ2n) is 6.08. The van der Waals surface area contributed by atoms with Crippen molar-refractivity contribution in [3.63, 3.8) is 0 Å². The largest absolute Gasteiger partial charge is 0.379 e. The lowest BCUT2D eigenvalue weighted by Gasteiger charge is -2.18. The zero-order valence-corrected chi connectivity index (χ0v) is 12.3. The first-order valence-electron chi connectivity index (χ1n) is 6.68. The van der Waals surface area contributed by atoms with Crippen LogP contribution in [0.4, 0.5) is 5.82 Å². The molecule has 1 heterocycles. The lowest BCUT2D eigenvalue weighted by molar-refractivity contribution is 0.118. The predicted molar refractivity (Wildman–Crippen MR) is 77.1 cm³/mol. The molecule has 0 radical (unpaired) electrons. The van der Waals surface area contributed by atoms with Crippen molar-refractivity contribution in [2.24, 2.45) is 5.92 Å². The Morgan fingerprint density at radius 2 is 2.00 bits per heavy atom. The molecule has 0 unspecified atom stereocenters. The van der Waals surface area contributed by atoms with Crippen molar-refractivity contribution in [2.45, 2.75) is 40.0 Å². The van der Waals surface area contributed by atoms with Gasteiger partial charge in [0.2, 0.25) is 0 Å². The van der Waals surface area contributed by atoms with Gasteiger partial charge in [-0.25, -0.2) is 4.98 Å². The molecule has 1 N–H and O–H groups in total. The van der Waals surface area contributed by atoms with Gasteiger partial charge in [-0.2, -0.15) is 0 Å². The van der Waals surface area contributed by atoms with Crippen LogP contribution in [0.25, 0.3) is 0 Å². The van der Waals surface area contributed by atoms with E-state index in [1.807, 2.05) is 12.3 Å². The van der Waals surface area contributed by atoms with E-state index in [-0.39, 0.29) is 5.41 Å². The number of pyridine rings is 1. The molecule has 0 amide bonds. The van der Waals surface area contributed by atoms with Gasteiger partial charge in [0.05, 0.1) is 6.61 Å². The van der Waals surface area contributed by atoms with Crippen LogP contribution >= 0.6 is 0 Å². The van der Waals surface area contributed by atoms with Crippen LogP contribution in [0.2, 0.25) is 0 Å². The Morgan fingerprint density at radius 1 is 1.28 bits per heavy atom. The molecule has 0 aliphatic rings. The molecule has 1 rings (SSSR count). The Labute approximate surface area is 111 Å². The molecule has 18 heavy (non-hydrogen) atoms. The molecule has 0 atom stereocenters. The maximum atomic E-state index is 5.50. The fourth-order valence-corrected chi connectivity index (χ4v) is 1.51. The zero-order chi connectivity index (χ0) is 13.6. The maximum Gasteiger partial charge on any atom is 0.125 e. The maximum absolute atomic E-state index is 5.50. The summed E-state index contributed by atoms with van der Waals surface area (Å²) in [5.74, 6) is 1.50. The zero-order valence-electron chi connectivity index (χ0n) is 12.3. The average Bonchev–Trinajstić information content (AvgIpc) is 2.27. The van der Waals surface area contributed by atoms with Crippen molar-refractivity contribution >= 4 is 5.82 Å². The van der Waals surface area contributed by atoms with Gasteiger partial charge in [0.25, 0.3) is 0 Å². The van der Waals surface area contributed by atoms with Crippen LogP contribution in [0, 0.1) is 5.92 Å². The lowest BCUT2D eigenvalue weighted by Crippen LogP contribution is -2.14. The van der Waals surface area contributed by atoms with Gasteiger partial charge >= 0.3 is 0 Å². The number of anilines is 1. The number of nitrogens with one attached hydrogen (secondary N) is 1. The number of hydrogen-bond donors (Lipinski definition) is 1. The third-order valence-corrected chi connectivity index (χ3v) is 2.63. The molecule has 3 nitrogen and oxygen atoms in total. The Bertz CT molecular complexity index is 339. The number of nitrogens with zero attached hydrogens (tertiary/aromatic N) is 1. The Balaban J connectivity index is 2.31. The molecule has 1 aromatic heterocycles. The van der Waals surface area contributed by atoms with E-state index in [0.717, 1.165) is 25.6 Å².